The van der Waals surface area contributed by atoms with Crippen molar-refractivity contribution < 1.29 is 4.74 Å². The zero-order valence-electron chi connectivity index (χ0n) is 12.5. The summed E-state index contributed by atoms with van der Waals surface area (Å²) in [5, 5.41) is -0.0988. The molecule has 1 aromatic carbocycles. The summed E-state index contributed by atoms with van der Waals surface area (Å²) in [5.41, 5.74) is 3.39. The van der Waals surface area contributed by atoms with Crippen molar-refractivity contribution in [3.05, 3.63) is 29.6 Å². The minimum atomic E-state index is -0.0988. The Morgan fingerprint density at radius 2 is 2.15 bits per heavy atom. The second-order valence-corrected chi connectivity index (χ2v) is 5.85. The Hall–Kier alpha value is -1.06. The summed E-state index contributed by atoms with van der Waals surface area (Å²) in [4.78, 5) is 4.64. The lowest BCUT2D eigenvalue weighted by Gasteiger charge is -2.11. The molecule has 1 heterocycles. The van der Waals surface area contributed by atoms with Crippen molar-refractivity contribution >= 4 is 22.6 Å². The molecule has 110 valence electrons. The van der Waals surface area contributed by atoms with E-state index >= 15 is 0 Å². The molecule has 0 bridgehead atoms. The topological polar surface area (TPSA) is 27.1 Å². The lowest BCUT2D eigenvalue weighted by Crippen LogP contribution is -2.10. The predicted octanol–water partition coefficient (Wildman–Crippen LogP) is 4.46. The van der Waals surface area contributed by atoms with E-state index < -0.39 is 0 Å². The first-order valence-corrected chi connectivity index (χ1v) is 7.75. The molecule has 1 atom stereocenters. The van der Waals surface area contributed by atoms with Gasteiger partial charge in [0.2, 0.25) is 0 Å². The number of halogens is 1. The number of hydrogen-bond acceptors (Lipinski definition) is 2. The Morgan fingerprint density at radius 1 is 1.35 bits per heavy atom. The van der Waals surface area contributed by atoms with Gasteiger partial charge in [0.25, 0.3) is 0 Å². The van der Waals surface area contributed by atoms with Gasteiger partial charge < -0.3 is 9.30 Å². The number of rotatable bonds is 7. The number of imidazole rings is 1. The third-order valence-electron chi connectivity index (χ3n) is 3.39. The molecule has 0 spiro atoms. The molecule has 3 nitrogen and oxygen atoms in total. The van der Waals surface area contributed by atoms with Gasteiger partial charge in [-0.25, -0.2) is 4.98 Å². The van der Waals surface area contributed by atoms with E-state index in [9.17, 15) is 0 Å². The molecule has 0 radical (unpaired) electrons. The molecule has 0 saturated carbocycles. The number of unbranched alkanes of at least 4 members (excludes halogenated alkanes) is 1. The molecule has 0 fully saturated rings. The first-order chi connectivity index (χ1) is 9.63. The Balaban J connectivity index is 2.19. The summed E-state index contributed by atoms with van der Waals surface area (Å²) < 4.78 is 7.86. The Kier molecular flexibility index (Phi) is 5.44. The van der Waals surface area contributed by atoms with E-state index in [4.69, 9.17) is 16.3 Å². The lowest BCUT2D eigenvalue weighted by molar-refractivity contribution is 0.123. The van der Waals surface area contributed by atoms with E-state index in [1.807, 2.05) is 6.92 Å². The van der Waals surface area contributed by atoms with E-state index in [0.717, 1.165) is 42.9 Å². The Labute approximate surface area is 125 Å². The first kappa shape index (κ1) is 15.3. The third-order valence-corrected chi connectivity index (χ3v) is 3.59. The molecule has 0 amide bonds. The summed E-state index contributed by atoms with van der Waals surface area (Å²) >= 11 is 6.26. The van der Waals surface area contributed by atoms with Crippen LogP contribution in [0.25, 0.3) is 11.0 Å². The summed E-state index contributed by atoms with van der Waals surface area (Å²) in [5.74, 6) is 0.923. The second kappa shape index (κ2) is 7.09. The smallest absolute Gasteiger partial charge is 0.127 e. The van der Waals surface area contributed by atoms with Crippen molar-refractivity contribution in [2.24, 2.45) is 0 Å². The molecule has 0 aliphatic rings. The number of alkyl halides is 1. The molecular weight excluding hydrogens is 272 g/mol. The fourth-order valence-electron chi connectivity index (χ4n) is 2.29. The molecule has 1 aromatic heterocycles. The van der Waals surface area contributed by atoms with E-state index in [0.29, 0.717) is 6.61 Å². The quantitative estimate of drug-likeness (QED) is 0.557. The molecule has 1 unspecified atom stereocenters. The van der Waals surface area contributed by atoms with Crippen LogP contribution in [0.4, 0.5) is 0 Å². The van der Waals surface area contributed by atoms with Crippen LogP contribution in [0.5, 0.6) is 0 Å². The standard InChI is InChI=1S/C16H23ClN2O/c1-4-5-9-20-10-8-19-15-11-12(2)6-7-14(15)18-16(19)13(3)17/h6-7,11,13H,4-5,8-10H2,1-3H3. The van der Waals surface area contributed by atoms with Gasteiger partial charge in [0.1, 0.15) is 5.82 Å². The van der Waals surface area contributed by atoms with Gasteiger partial charge in [-0.3, -0.25) is 0 Å². The zero-order valence-corrected chi connectivity index (χ0v) is 13.3. The lowest BCUT2D eigenvalue weighted by atomic mass is 10.2. The number of nitrogens with zero attached hydrogens (tertiary/aromatic N) is 2. The van der Waals surface area contributed by atoms with Gasteiger partial charge in [0, 0.05) is 13.2 Å². The van der Waals surface area contributed by atoms with E-state index in [-0.39, 0.29) is 5.38 Å². The highest BCUT2D eigenvalue weighted by atomic mass is 35.5. The SMILES string of the molecule is CCCCOCCn1c(C(C)Cl)nc2ccc(C)cc21. The van der Waals surface area contributed by atoms with Crippen molar-refractivity contribution in [3.8, 4) is 0 Å². The summed E-state index contributed by atoms with van der Waals surface area (Å²) in [6.07, 6.45) is 2.28. The summed E-state index contributed by atoms with van der Waals surface area (Å²) in [7, 11) is 0. The minimum absolute atomic E-state index is 0.0988. The van der Waals surface area contributed by atoms with Crippen molar-refractivity contribution in [1.82, 2.24) is 9.55 Å². The number of benzene rings is 1. The van der Waals surface area contributed by atoms with Crippen LogP contribution in [-0.4, -0.2) is 22.8 Å². The fraction of sp³-hybridized carbons (Fsp3) is 0.562. The number of aromatic nitrogens is 2. The van der Waals surface area contributed by atoms with E-state index in [1.54, 1.807) is 0 Å². The van der Waals surface area contributed by atoms with Crippen LogP contribution >= 0.6 is 11.6 Å². The predicted molar refractivity (Wildman–Crippen MR) is 84.5 cm³/mol. The highest BCUT2D eigenvalue weighted by molar-refractivity contribution is 6.20. The molecular formula is C16H23ClN2O. The summed E-state index contributed by atoms with van der Waals surface area (Å²) in [6, 6.07) is 6.30. The highest BCUT2D eigenvalue weighted by Crippen LogP contribution is 2.25. The summed E-state index contributed by atoms with van der Waals surface area (Å²) in [6.45, 7) is 8.56. The van der Waals surface area contributed by atoms with Crippen molar-refractivity contribution in [1.29, 1.82) is 0 Å². The van der Waals surface area contributed by atoms with E-state index in [2.05, 4.69) is 41.6 Å². The van der Waals surface area contributed by atoms with Crippen LogP contribution in [0, 0.1) is 6.92 Å². The van der Waals surface area contributed by atoms with Gasteiger partial charge in [-0.15, -0.1) is 11.6 Å². The average molecular weight is 295 g/mol. The number of aryl methyl sites for hydroxylation is 1. The van der Waals surface area contributed by atoms with Gasteiger partial charge in [-0.2, -0.15) is 0 Å². The molecule has 0 aliphatic carbocycles. The van der Waals surface area contributed by atoms with Crippen LogP contribution in [-0.2, 0) is 11.3 Å². The Bertz CT molecular complexity index is 563. The van der Waals surface area contributed by atoms with Crippen LogP contribution < -0.4 is 0 Å². The van der Waals surface area contributed by atoms with Gasteiger partial charge >= 0.3 is 0 Å². The maximum atomic E-state index is 6.26. The van der Waals surface area contributed by atoms with Gasteiger partial charge in [0.15, 0.2) is 0 Å². The second-order valence-electron chi connectivity index (χ2n) is 5.20. The zero-order chi connectivity index (χ0) is 14.5. The molecule has 4 heteroatoms. The molecule has 20 heavy (non-hydrogen) atoms. The largest absolute Gasteiger partial charge is 0.380 e. The molecule has 0 saturated heterocycles. The van der Waals surface area contributed by atoms with Crippen molar-refractivity contribution in [2.75, 3.05) is 13.2 Å². The average Bonchev–Trinajstić information content (AvgIpc) is 2.77. The number of fused-ring (bicyclic) bond motifs is 1. The maximum Gasteiger partial charge on any atom is 0.127 e. The third kappa shape index (κ3) is 3.53. The van der Waals surface area contributed by atoms with Gasteiger partial charge in [-0.1, -0.05) is 19.4 Å². The Morgan fingerprint density at radius 3 is 2.85 bits per heavy atom. The molecule has 2 rings (SSSR count). The monoisotopic (exact) mass is 294 g/mol. The molecule has 0 aliphatic heterocycles. The van der Waals surface area contributed by atoms with Crippen molar-refractivity contribution in [3.63, 3.8) is 0 Å². The van der Waals surface area contributed by atoms with Crippen LogP contribution in [0.1, 0.15) is 43.5 Å². The van der Waals surface area contributed by atoms with Crippen LogP contribution in [0.3, 0.4) is 0 Å². The van der Waals surface area contributed by atoms with Crippen LogP contribution in [0.15, 0.2) is 18.2 Å². The maximum absolute atomic E-state index is 6.26. The number of ether oxygens (including phenoxy) is 1. The first-order valence-electron chi connectivity index (χ1n) is 7.32. The minimum Gasteiger partial charge on any atom is -0.380 e. The van der Waals surface area contributed by atoms with Gasteiger partial charge in [-0.05, 0) is 38.0 Å². The normalized spacial score (nSPS) is 13.0. The highest BCUT2D eigenvalue weighted by Gasteiger charge is 2.14. The number of hydrogen-bond donors (Lipinski definition) is 0. The van der Waals surface area contributed by atoms with Crippen LogP contribution in [0.2, 0.25) is 0 Å². The molecule has 2 aromatic rings. The fourth-order valence-corrected chi connectivity index (χ4v) is 2.46. The van der Waals surface area contributed by atoms with Crippen molar-refractivity contribution in [2.45, 2.75) is 45.5 Å². The van der Waals surface area contributed by atoms with Gasteiger partial charge in [0.05, 0.1) is 23.0 Å². The van der Waals surface area contributed by atoms with E-state index in [1.165, 1.54) is 5.56 Å². The molecule has 0 N–H and O–H groups in total.